The zero-order valence-corrected chi connectivity index (χ0v) is 29.4. The van der Waals surface area contributed by atoms with Crippen LogP contribution in [0.15, 0.2) is 71.6 Å². The van der Waals surface area contributed by atoms with Crippen LogP contribution in [-0.2, 0) is 16.4 Å². The second-order valence-corrected chi connectivity index (χ2v) is 15.5. The summed E-state index contributed by atoms with van der Waals surface area (Å²) in [5.41, 5.74) is 2.76. The molecular weight excluding hydrogens is 641 g/mol. The average Bonchev–Trinajstić information content (AvgIpc) is 3.86. The third-order valence-corrected chi connectivity index (χ3v) is 12.4. The Labute approximate surface area is 290 Å². The number of carbonyl (C=O) groups is 1. The molecule has 0 bridgehead atoms. The van der Waals surface area contributed by atoms with E-state index in [4.69, 9.17) is 4.98 Å². The van der Waals surface area contributed by atoms with Crippen LogP contribution in [0.25, 0.3) is 11.0 Å². The molecule has 4 aromatic rings. The van der Waals surface area contributed by atoms with Gasteiger partial charge < -0.3 is 14.4 Å². The number of fused-ring (bicyclic) bond motifs is 1. The van der Waals surface area contributed by atoms with Crippen LogP contribution in [0.5, 0.6) is 0 Å². The van der Waals surface area contributed by atoms with Crippen LogP contribution in [0.2, 0.25) is 0 Å². The summed E-state index contributed by atoms with van der Waals surface area (Å²) in [7, 11) is -1.84. The largest absolute Gasteiger partial charge is 0.338 e. The van der Waals surface area contributed by atoms with Crippen molar-refractivity contribution in [3.8, 4) is 0 Å². The minimum absolute atomic E-state index is 0.0717. The topological polar surface area (TPSA) is 70.5 Å². The van der Waals surface area contributed by atoms with Gasteiger partial charge in [-0.05, 0) is 100 Å². The van der Waals surface area contributed by atoms with Crippen molar-refractivity contribution in [1.29, 1.82) is 0 Å². The highest BCUT2D eigenvalue weighted by atomic mass is 32.2. The molecule has 260 valence electrons. The number of imidazole rings is 1. The summed E-state index contributed by atoms with van der Waals surface area (Å²) in [6.45, 7) is 7.15. The van der Waals surface area contributed by atoms with Crippen LogP contribution in [-0.4, -0.2) is 67.7 Å². The first-order valence-corrected chi connectivity index (χ1v) is 19.1. The zero-order chi connectivity index (χ0) is 34.1. The molecular formula is C39H47F2N5O2S. The minimum atomic E-state index is -1.84. The van der Waals surface area contributed by atoms with E-state index in [0.29, 0.717) is 38.0 Å². The van der Waals surface area contributed by atoms with Gasteiger partial charge in [0.05, 0.1) is 15.9 Å². The number of para-hydroxylation sites is 2. The lowest BCUT2D eigenvalue weighted by Gasteiger charge is -2.46. The Balaban J connectivity index is 1.06. The van der Waals surface area contributed by atoms with Crippen molar-refractivity contribution >= 4 is 27.9 Å². The van der Waals surface area contributed by atoms with Crippen LogP contribution in [0.1, 0.15) is 92.5 Å². The second kappa shape index (κ2) is 14.4. The van der Waals surface area contributed by atoms with Crippen molar-refractivity contribution in [2.75, 3.05) is 26.2 Å². The van der Waals surface area contributed by atoms with E-state index >= 15 is 8.78 Å². The van der Waals surface area contributed by atoms with Crippen molar-refractivity contribution in [2.45, 2.75) is 100 Å². The SMILES string of the molecule is CCCC1CC(n2c(C)nc3ccccc32)CCN1CCC1(c2ccccc2)CCN(C(=O)c2c(F)ccc(S(=O)NC3CC3)c2F)CC1. The molecule has 3 heterocycles. The van der Waals surface area contributed by atoms with E-state index in [2.05, 4.69) is 76.6 Å². The van der Waals surface area contributed by atoms with Gasteiger partial charge in [0.2, 0.25) is 0 Å². The molecule has 0 spiro atoms. The van der Waals surface area contributed by atoms with Crippen LogP contribution < -0.4 is 4.72 Å². The number of benzene rings is 3. The first-order chi connectivity index (χ1) is 23.8. The number of aromatic nitrogens is 2. The van der Waals surface area contributed by atoms with Crippen molar-refractivity contribution in [1.82, 2.24) is 24.1 Å². The van der Waals surface area contributed by atoms with Gasteiger partial charge in [0.15, 0.2) is 5.82 Å². The number of aryl methyl sites for hydroxylation is 1. The molecule has 1 aliphatic carbocycles. The molecule has 2 saturated heterocycles. The molecule has 3 aromatic carbocycles. The zero-order valence-electron chi connectivity index (χ0n) is 28.5. The van der Waals surface area contributed by atoms with Crippen molar-refractivity contribution in [2.24, 2.45) is 0 Å². The van der Waals surface area contributed by atoms with E-state index in [1.807, 2.05) is 6.07 Å². The fraction of sp³-hybridized carbons (Fsp3) is 0.487. The number of halogens is 2. The van der Waals surface area contributed by atoms with Gasteiger partial charge in [-0.15, -0.1) is 0 Å². The number of likely N-dealkylation sites (tertiary alicyclic amines) is 2. The van der Waals surface area contributed by atoms with Gasteiger partial charge in [0, 0.05) is 37.8 Å². The first-order valence-electron chi connectivity index (χ1n) is 18.0. The smallest absolute Gasteiger partial charge is 0.259 e. The molecule has 1 N–H and O–H groups in total. The van der Waals surface area contributed by atoms with Crippen LogP contribution in [0, 0.1) is 18.6 Å². The summed E-state index contributed by atoms with van der Waals surface area (Å²) in [5, 5.41) is 0. The van der Waals surface area contributed by atoms with Gasteiger partial charge in [-0.2, -0.15) is 0 Å². The Morgan fingerprint density at radius 3 is 2.45 bits per heavy atom. The first kappa shape index (κ1) is 34.0. The lowest BCUT2D eigenvalue weighted by Crippen LogP contribution is -2.49. The Morgan fingerprint density at radius 1 is 0.980 bits per heavy atom. The maximum absolute atomic E-state index is 15.6. The molecule has 10 heteroatoms. The summed E-state index contributed by atoms with van der Waals surface area (Å²) < 4.78 is 48.6. The molecule has 7 nitrogen and oxygen atoms in total. The molecule has 3 aliphatic rings. The van der Waals surface area contributed by atoms with Crippen molar-refractivity contribution < 1.29 is 17.8 Å². The Bertz CT molecular complexity index is 1820. The lowest BCUT2D eigenvalue weighted by atomic mass is 9.70. The molecule has 1 aromatic heterocycles. The normalized spacial score (nSPS) is 22.0. The quantitative estimate of drug-likeness (QED) is 0.178. The maximum Gasteiger partial charge on any atom is 0.259 e. The summed E-state index contributed by atoms with van der Waals surface area (Å²) in [4.78, 5) is 22.6. The second-order valence-electron chi connectivity index (χ2n) is 14.3. The number of nitrogens with one attached hydrogen (secondary N) is 1. The monoisotopic (exact) mass is 687 g/mol. The van der Waals surface area contributed by atoms with Gasteiger partial charge in [-0.1, -0.05) is 55.8 Å². The van der Waals surface area contributed by atoms with Gasteiger partial charge in [-0.25, -0.2) is 22.7 Å². The average molecular weight is 688 g/mol. The lowest BCUT2D eigenvalue weighted by molar-refractivity contribution is 0.0601. The van der Waals surface area contributed by atoms with E-state index in [1.54, 1.807) is 4.90 Å². The number of carbonyl (C=O) groups excluding carboxylic acids is 1. The molecule has 3 unspecified atom stereocenters. The highest BCUT2D eigenvalue weighted by Crippen LogP contribution is 2.41. The standard InChI is InChI=1S/C39H47F2N5O2S/c1-3-9-30-26-31(46-27(2)42-33-12-7-8-13-34(33)46)18-22-44(30)23-19-39(28-10-5-4-6-11-28)20-24-45(25-21-39)38(47)36-32(40)16-17-35(37(36)41)49(48)43-29-14-15-29/h4-8,10-13,16-17,29-31,43H,3,9,14-15,18-26H2,1-2H3. The number of hydrogen-bond donors (Lipinski definition) is 1. The number of piperidine rings is 2. The third kappa shape index (κ3) is 6.97. The summed E-state index contributed by atoms with van der Waals surface area (Å²) in [6, 6.07) is 22.2. The van der Waals surface area contributed by atoms with Gasteiger partial charge in [0.1, 0.15) is 28.2 Å². The molecule has 2 aliphatic heterocycles. The van der Waals surface area contributed by atoms with Gasteiger partial charge >= 0.3 is 0 Å². The highest BCUT2D eigenvalue weighted by Gasteiger charge is 2.40. The summed E-state index contributed by atoms with van der Waals surface area (Å²) >= 11 is 0. The highest BCUT2D eigenvalue weighted by molar-refractivity contribution is 7.83. The molecule has 0 radical (unpaired) electrons. The number of nitrogens with zero attached hydrogens (tertiary/aromatic N) is 4. The number of hydrogen-bond acceptors (Lipinski definition) is 4. The molecule has 49 heavy (non-hydrogen) atoms. The maximum atomic E-state index is 15.6. The predicted molar refractivity (Wildman–Crippen MR) is 190 cm³/mol. The summed E-state index contributed by atoms with van der Waals surface area (Å²) in [6.07, 6.45) is 8.52. The van der Waals surface area contributed by atoms with E-state index in [1.165, 1.54) is 17.1 Å². The van der Waals surface area contributed by atoms with Crippen LogP contribution in [0.4, 0.5) is 8.78 Å². The van der Waals surface area contributed by atoms with Gasteiger partial charge in [-0.3, -0.25) is 4.79 Å². The molecule has 3 atom stereocenters. The van der Waals surface area contributed by atoms with E-state index in [-0.39, 0.29) is 16.4 Å². The number of amides is 1. The Kier molecular flexibility index (Phi) is 10.00. The van der Waals surface area contributed by atoms with Crippen LogP contribution in [0.3, 0.4) is 0 Å². The van der Waals surface area contributed by atoms with Crippen LogP contribution >= 0.6 is 0 Å². The Hall–Kier alpha value is -3.47. The fourth-order valence-electron chi connectivity index (χ4n) is 8.28. The fourth-order valence-corrected chi connectivity index (χ4v) is 9.41. The molecule has 1 saturated carbocycles. The van der Waals surface area contributed by atoms with Crippen molar-refractivity contribution in [3.63, 3.8) is 0 Å². The van der Waals surface area contributed by atoms with Crippen molar-refractivity contribution in [3.05, 3.63) is 95.3 Å². The molecule has 7 rings (SSSR count). The van der Waals surface area contributed by atoms with E-state index in [0.717, 1.165) is 75.4 Å². The van der Waals surface area contributed by atoms with Gasteiger partial charge in [0.25, 0.3) is 5.91 Å². The molecule has 3 fully saturated rings. The Morgan fingerprint density at radius 2 is 1.71 bits per heavy atom. The van der Waals surface area contributed by atoms with E-state index < -0.39 is 34.1 Å². The summed E-state index contributed by atoms with van der Waals surface area (Å²) in [5.74, 6) is -1.54. The third-order valence-electron chi connectivity index (χ3n) is 11.2. The minimum Gasteiger partial charge on any atom is -0.338 e. The predicted octanol–water partition coefficient (Wildman–Crippen LogP) is 7.47. The molecule has 1 amide bonds. The number of rotatable bonds is 11. The van der Waals surface area contributed by atoms with E-state index in [9.17, 15) is 9.00 Å².